The summed E-state index contributed by atoms with van der Waals surface area (Å²) in [6.45, 7) is 5.56. The van der Waals surface area contributed by atoms with Gasteiger partial charge in [0, 0.05) is 30.7 Å². The van der Waals surface area contributed by atoms with E-state index in [9.17, 15) is 0 Å². The highest BCUT2D eigenvalue weighted by atomic mass is 16.5. The predicted octanol–water partition coefficient (Wildman–Crippen LogP) is 3.02. The van der Waals surface area contributed by atoms with Crippen molar-refractivity contribution in [1.29, 1.82) is 0 Å². The Morgan fingerprint density at radius 1 is 0.950 bits per heavy atom. The number of piperazine rings is 1. The van der Waals surface area contributed by atoms with Gasteiger partial charge in [0.15, 0.2) is 0 Å². The average molecular weight is 278 g/mol. The van der Waals surface area contributed by atoms with Gasteiger partial charge in [-0.25, -0.2) is 0 Å². The molecule has 4 unspecified atom stereocenters. The molecule has 0 spiro atoms. The molecule has 1 heterocycles. The highest BCUT2D eigenvalue weighted by molar-refractivity contribution is 5.03. The molecule has 0 bridgehead atoms. The summed E-state index contributed by atoms with van der Waals surface area (Å²) in [5.41, 5.74) is 0. The maximum absolute atomic E-state index is 5.43. The Labute approximate surface area is 124 Å². The molecule has 4 atom stereocenters. The first kappa shape index (κ1) is 14.4. The van der Waals surface area contributed by atoms with Crippen LogP contribution in [0.15, 0.2) is 12.8 Å². The first-order valence-corrected chi connectivity index (χ1v) is 8.53. The van der Waals surface area contributed by atoms with Crippen molar-refractivity contribution in [3.05, 3.63) is 12.8 Å². The fraction of sp³-hybridized carbons (Fsp3) is 0.882. The number of likely N-dealkylation sites (N-methyl/N-ethyl adjacent to an activating group) is 1. The van der Waals surface area contributed by atoms with Crippen LogP contribution in [0.4, 0.5) is 0 Å². The molecule has 3 rings (SSSR count). The molecule has 0 aromatic heterocycles. The Kier molecular flexibility index (Phi) is 4.67. The van der Waals surface area contributed by atoms with Crippen molar-refractivity contribution in [1.82, 2.24) is 9.80 Å². The summed E-state index contributed by atoms with van der Waals surface area (Å²) >= 11 is 0. The molecule has 2 aliphatic carbocycles. The normalized spacial score (nSPS) is 38.9. The molecule has 114 valence electrons. The lowest BCUT2D eigenvalue weighted by molar-refractivity contribution is -0.0866. The Balaban J connectivity index is 1.76. The molecule has 0 aromatic rings. The standard InChI is InChI=1S/C17H30N2O/c1-3-20-13-12-19-16-10-6-4-8-14(16)18(2)15-9-5-7-11-17(15)19/h3,14-17H,1,4-13H2,2H3. The number of nitrogens with zero attached hydrogens (tertiary/aromatic N) is 2. The van der Waals surface area contributed by atoms with Crippen LogP contribution in [0.25, 0.3) is 0 Å². The molecule has 20 heavy (non-hydrogen) atoms. The van der Waals surface area contributed by atoms with E-state index in [0.29, 0.717) is 0 Å². The molecule has 2 saturated carbocycles. The summed E-state index contributed by atoms with van der Waals surface area (Å²) in [5, 5.41) is 0. The topological polar surface area (TPSA) is 15.7 Å². The quantitative estimate of drug-likeness (QED) is 0.581. The first-order chi connectivity index (χ1) is 9.83. The molecule has 3 heteroatoms. The molecule has 1 saturated heterocycles. The molecule has 0 aromatic carbocycles. The zero-order chi connectivity index (χ0) is 13.9. The van der Waals surface area contributed by atoms with Crippen LogP contribution in [0.3, 0.4) is 0 Å². The van der Waals surface area contributed by atoms with Crippen LogP contribution in [0.5, 0.6) is 0 Å². The lowest BCUT2D eigenvalue weighted by Crippen LogP contribution is -2.69. The molecule has 3 nitrogen and oxygen atoms in total. The van der Waals surface area contributed by atoms with Crippen molar-refractivity contribution < 1.29 is 4.74 Å². The van der Waals surface area contributed by atoms with E-state index in [1.165, 1.54) is 51.4 Å². The van der Waals surface area contributed by atoms with E-state index in [1.807, 2.05) is 0 Å². The van der Waals surface area contributed by atoms with Crippen molar-refractivity contribution in [2.24, 2.45) is 0 Å². The summed E-state index contributed by atoms with van der Waals surface area (Å²) in [6, 6.07) is 3.10. The molecular weight excluding hydrogens is 248 g/mol. The van der Waals surface area contributed by atoms with Gasteiger partial charge in [-0.15, -0.1) is 0 Å². The Morgan fingerprint density at radius 2 is 1.45 bits per heavy atom. The third kappa shape index (κ3) is 2.62. The van der Waals surface area contributed by atoms with Crippen molar-refractivity contribution in [2.75, 3.05) is 20.2 Å². The largest absolute Gasteiger partial charge is 0.500 e. The van der Waals surface area contributed by atoms with E-state index in [-0.39, 0.29) is 0 Å². The molecule has 3 aliphatic rings. The van der Waals surface area contributed by atoms with Crippen LogP contribution in [0.2, 0.25) is 0 Å². The summed E-state index contributed by atoms with van der Waals surface area (Å²) in [4.78, 5) is 5.57. The minimum atomic E-state index is 0.765. The summed E-state index contributed by atoms with van der Waals surface area (Å²) in [6.07, 6.45) is 12.8. The van der Waals surface area contributed by atoms with Gasteiger partial charge in [0.05, 0.1) is 12.9 Å². The number of rotatable bonds is 4. The third-order valence-corrected chi connectivity index (χ3v) is 5.87. The van der Waals surface area contributed by atoms with Crippen LogP contribution in [-0.4, -0.2) is 54.2 Å². The van der Waals surface area contributed by atoms with E-state index in [0.717, 1.165) is 37.3 Å². The Hall–Kier alpha value is -0.540. The van der Waals surface area contributed by atoms with E-state index < -0.39 is 0 Å². The van der Waals surface area contributed by atoms with Crippen LogP contribution in [0.1, 0.15) is 51.4 Å². The number of ether oxygens (including phenoxy) is 1. The molecular formula is C17H30N2O. The van der Waals surface area contributed by atoms with Crippen molar-refractivity contribution >= 4 is 0 Å². The number of fused-ring (bicyclic) bond motifs is 2. The van der Waals surface area contributed by atoms with Crippen molar-refractivity contribution in [3.8, 4) is 0 Å². The van der Waals surface area contributed by atoms with Crippen molar-refractivity contribution in [3.63, 3.8) is 0 Å². The predicted molar refractivity (Wildman–Crippen MR) is 82.7 cm³/mol. The number of hydrogen-bond acceptors (Lipinski definition) is 3. The second kappa shape index (κ2) is 6.48. The molecule has 3 fully saturated rings. The zero-order valence-corrected chi connectivity index (χ0v) is 13.0. The summed E-state index contributed by atoms with van der Waals surface area (Å²) < 4.78 is 5.43. The maximum atomic E-state index is 5.43. The lowest BCUT2D eigenvalue weighted by Gasteiger charge is -2.58. The first-order valence-electron chi connectivity index (χ1n) is 8.53. The highest BCUT2D eigenvalue weighted by Gasteiger charge is 2.46. The fourth-order valence-electron chi connectivity index (χ4n) is 4.97. The van der Waals surface area contributed by atoms with Gasteiger partial charge in [-0.1, -0.05) is 32.3 Å². The zero-order valence-electron chi connectivity index (χ0n) is 13.0. The average Bonchev–Trinajstić information content (AvgIpc) is 2.51. The van der Waals surface area contributed by atoms with Crippen LogP contribution in [0, 0.1) is 0 Å². The lowest BCUT2D eigenvalue weighted by atomic mass is 9.78. The maximum Gasteiger partial charge on any atom is 0.1000 e. The summed E-state index contributed by atoms with van der Waals surface area (Å²) in [5.74, 6) is 0. The van der Waals surface area contributed by atoms with Gasteiger partial charge in [-0.3, -0.25) is 9.80 Å². The number of hydrogen-bond donors (Lipinski definition) is 0. The van der Waals surface area contributed by atoms with E-state index in [1.54, 1.807) is 6.26 Å². The van der Waals surface area contributed by atoms with Gasteiger partial charge in [0.1, 0.15) is 0 Å². The minimum absolute atomic E-state index is 0.765. The second-order valence-corrected chi connectivity index (χ2v) is 6.78. The van der Waals surface area contributed by atoms with Crippen LogP contribution >= 0.6 is 0 Å². The summed E-state index contributed by atoms with van der Waals surface area (Å²) in [7, 11) is 2.39. The van der Waals surface area contributed by atoms with E-state index >= 15 is 0 Å². The van der Waals surface area contributed by atoms with E-state index in [4.69, 9.17) is 4.74 Å². The molecule has 0 radical (unpaired) electrons. The third-order valence-electron chi connectivity index (χ3n) is 5.87. The second-order valence-electron chi connectivity index (χ2n) is 6.78. The highest BCUT2D eigenvalue weighted by Crippen LogP contribution is 2.39. The van der Waals surface area contributed by atoms with E-state index in [2.05, 4.69) is 23.4 Å². The molecule has 0 N–H and O–H groups in total. The van der Waals surface area contributed by atoms with Crippen LogP contribution in [-0.2, 0) is 4.74 Å². The molecule has 1 aliphatic heterocycles. The van der Waals surface area contributed by atoms with Gasteiger partial charge >= 0.3 is 0 Å². The SMILES string of the molecule is C=COCCN1C2CCCCC2N(C)C2CCCCC21. The van der Waals surface area contributed by atoms with Gasteiger partial charge in [0.25, 0.3) is 0 Å². The molecule has 0 amide bonds. The smallest absolute Gasteiger partial charge is 0.1000 e. The van der Waals surface area contributed by atoms with Crippen molar-refractivity contribution in [2.45, 2.75) is 75.5 Å². The van der Waals surface area contributed by atoms with Crippen LogP contribution < -0.4 is 0 Å². The Bertz CT molecular complexity index is 309. The Morgan fingerprint density at radius 3 is 1.95 bits per heavy atom. The monoisotopic (exact) mass is 278 g/mol. The van der Waals surface area contributed by atoms with Gasteiger partial charge in [-0.05, 0) is 32.7 Å². The van der Waals surface area contributed by atoms with Gasteiger partial charge in [-0.2, -0.15) is 0 Å². The van der Waals surface area contributed by atoms with Gasteiger partial charge in [0.2, 0.25) is 0 Å². The minimum Gasteiger partial charge on any atom is -0.500 e. The fourth-order valence-corrected chi connectivity index (χ4v) is 4.97. The van der Waals surface area contributed by atoms with Gasteiger partial charge < -0.3 is 4.74 Å².